The number of benzene rings is 1. The van der Waals surface area contributed by atoms with Crippen molar-refractivity contribution in [3.63, 3.8) is 0 Å². The van der Waals surface area contributed by atoms with E-state index in [2.05, 4.69) is 10.3 Å². The molecule has 1 aliphatic carbocycles. The molecule has 2 saturated heterocycles. The Labute approximate surface area is 207 Å². The Morgan fingerprint density at radius 3 is 2.63 bits per heavy atom. The van der Waals surface area contributed by atoms with Crippen LogP contribution in [0.1, 0.15) is 44.9 Å². The summed E-state index contributed by atoms with van der Waals surface area (Å²) in [6.45, 7) is 0.546. The molecule has 10 heteroatoms. The number of sulfonamides is 1. The highest BCUT2D eigenvalue weighted by Crippen LogP contribution is 2.40. The van der Waals surface area contributed by atoms with Crippen molar-refractivity contribution in [2.45, 2.75) is 61.4 Å². The van der Waals surface area contributed by atoms with Crippen LogP contribution in [0.3, 0.4) is 0 Å². The molecule has 0 bridgehead atoms. The third-order valence-corrected chi connectivity index (χ3v) is 9.21. The average molecular weight is 498 g/mol. The number of methoxy groups -OCH3 is 1. The number of ether oxygens (including phenoxy) is 1. The first kappa shape index (κ1) is 23.9. The Balaban J connectivity index is 1.46. The number of pyridine rings is 1. The predicted octanol–water partition coefficient (Wildman–Crippen LogP) is 3.79. The lowest BCUT2D eigenvalue weighted by molar-refractivity contribution is 0.240. The molecule has 2 aliphatic heterocycles. The number of rotatable bonds is 5. The fourth-order valence-electron chi connectivity index (χ4n) is 5.44. The summed E-state index contributed by atoms with van der Waals surface area (Å²) in [5, 5.41) is 3.04. The van der Waals surface area contributed by atoms with Gasteiger partial charge in [0.25, 0.3) is 0 Å². The molecule has 3 fully saturated rings. The van der Waals surface area contributed by atoms with Crippen molar-refractivity contribution in [2.24, 2.45) is 4.99 Å². The highest BCUT2D eigenvalue weighted by molar-refractivity contribution is 7.95. The fourth-order valence-corrected chi connectivity index (χ4v) is 6.91. The number of hydrogen-bond donors (Lipinski definition) is 1. The van der Waals surface area contributed by atoms with E-state index in [1.165, 1.54) is 23.9 Å². The van der Waals surface area contributed by atoms with Gasteiger partial charge in [0.1, 0.15) is 17.1 Å². The van der Waals surface area contributed by atoms with Crippen molar-refractivity contribution in [3.8, 4) is 5.75 Å². The van der Waals surface area contributed by atoms with Crippen LogP contribution in [-0.4, -0.2) is 57.5 Å². The van der Waals surface area contributed by atoms with E-state index in [4.69, 9.17) is 9.73 Å². The molecular weight excluding hydrogens is 466 g/mol. The van der Waals surface area contributed by atoms with Crippen molar-refractivity contribution in [1.29, 1.82) is 0 Å². The van der Waals surface area contributed by atoms with Gasteiger partial charge in [-0.25, -0.2) is 4.79 Å². The maximum absolute atomic E-state index is 13.4. The molecule has 3 aliphatic rings. The van der Waals surface area contributed by atoms with Gasteiger partial charge >= 0.3 is 6.03 Å². The monoisotopic (exact) mass is 497 g/mol. The Morgan fingerprint density at radius 1 is 1.17 bits per heavy atom. The number of carbonyl (C=O) groups excluding carboxylic acids is 1. The number of amides is 2. The normalized spacial score (nSPS) is 23.9. The van der Waals surface area contributed by atoms with Gasteiger partial charge in [-0.1, -0.05) is 29.5 Å². The van der Waals surface area contributed by atoms with E-state index in [-0.39, 0.29) is 30.1 Å². The SMILES string of the molecule is COc1cccc([S+](=O)([O-])N2CCC3(CC2)C(=NC2CCCCC2)NC(=O)N3c2cccnc2)c1. The second-order valence-electron chi connectivity index (χ2n) is 9.36. The van der Waals surface area contributed by atoms with E-state index in [1.807, 2.05) is 6.07 Å². The Kier molecular flexibility index (Phi) is 6.61. The Morgan fingerprint density at radius 2 is 1.94 bits per heavy atom. The van der Waals surface area contributed by atoms with Crippen LogP contribution in [-0.2, 0) is 14.6 Å². The van der Waals surface area contributed by atoms with Gasteiger partial charge in [0.15, 0.2) is 15.3 Å². The molecule has 35 heavy (non-hydrogen) atoms. The number of nitrogens with one attached hydrogen (secondary N) is 1. The molecule has 9 nitrogen and oxygen atoms in total. The topological polar surface area (TPSA) is 110 Å². The Hall–Kier alpha value is -2.82. The zero-order chi connectivity index (χ0) is 24.5. The number of aliphatic imine (C=N–C) groups is 1. The highest BCUT2D eigenvalue weighted by Gasteiger charge is 2.55. The first-order valence-corrected chi connectivity index (χ1v) is 13.6. The third kappa shape index (κ3) is 4.46. The van der Waals surface area contributed by atoms with Crippen molar-refractivity contribution in [1.82, 2.24) is 14.6 Å². The summed E-state index contributed by atoms with van der Waals surface area (Å²) in [5.74, 6) is 1.16. The van der Waals surface area contributed by atoms with E-state index in [9.17, 15) is 13.6 Å². The summed E-state index contributed by atoms with van der Waals surface area (Å²) in [6, 6.07) is 10.1. The van der Waals surface area contributed by atoms with Crippen molar-refractivity contribution < 1.29 is 18.3 Å². The summed E-state index contributed by atoms with van der Waals surface area (Å²) in [5.41, 5.74) is -0.0410. The molecule has 2 amide bonds. The van der Waals surface area contributed by atoms with Gasteiger partial charge < -0.3 is 9.29 Å². The fraction of sp³-hybridized carbons (Fsp3) is 0.480. The molecule has 1 saturated carbocycles. The number of urea groups is 1. The number of anilines is 1. The molecule has 1 aromatic heterocycles. The van der Waals surface area contributed by atoms with Crippen molar-refractivity contribution >= 4 is 28.0 Å². The molecule has 186 valence electrons. The lowest BCUT2D eigenvalue weighted by Gasteiger charge is -2.43. The van der Waals surface area contributed by atoms with Gasteiger partial charge in [-0.15, -0.1) is 4.31 Å². The quantitative estimate of drug-likeness (QED) is 0.632. The highest BCUT2D eigenvalue weighted by atomic mass is 32.3. The minimum atomic E-state index is -3.70. The van der Waals surface area contributed by atoms with E-state index < -0.39 is 15.9 Å². The smallest absolute Gasteiger partial charge is 0.328 e. The molecule has 5 rings (SSSR count). The molecule has 1 unspecified atom stereocenters. The van der Waals surface area contributed by atoms with Gasteiger partial charge in [0, 0.05) is 25.4 Å². The molecule has 0 radical (unpaired) electrons. The van der Waals surface area contributed by atoms with Crippen molar-refractivity contribution in [3.05, 3.63) is 48.8 Å². The van der Waals surface area contributed by atoms with Gasteiger partial charge in [-0.3, -0.25) is 20.2 Å². The van der Waals surface area contributed by atoms with Crippen LogP contribution in [0.5, 0.6) is 5.75 Å². The molecule has 3 heterocycles. The zero-order valence-corrected chi connectivity index (χ0v) is 20.7. The van der Waals surface area contributed by atoms with Gasteiger partial charge in [0.2, 0.25) is 0 Å². The van der Waals surface area contributed by atoms with Crippen LogP contribution in [0.25, 0.3) is 0 Å². The predicted molar refractivity (Wildman–Crippen MR) is 133 cm³/mol. The first-order valence-electron chi connectivity index (χ1n) is 12.2. The molecule has 1 N–H and O–H groups in total. The number of nitrogens with zero attached hydrogens (tertiary/aromatic N) is 4. The van der Waals surface area contributed by atoms with E-state index >= 15 is 0 Å². The van der Waals surface area contributed by atoms with Crippen LogP contribution in [0.15, 0.2) is 58.7 Å². The number of amidine groups is 1. The van der Waals surface area contributed by atoms with Gasteiger partial charge in [0.05, 0.1) is 25.0 Å². The minimum absolute atomic E-state index is 0.184. The number of aromatic nitrogens is 1. The summed E-state index contributed by atoms with van der Waals surface area (Å²) in [7, 11) is -2.19. The molecule has 1 spiro atoms. The molecule has 1 atom stereocenters. The van der Waals surface area contributed by atoms with Crippen LogP contribution in [0.2, 0.25) is 0 Å². The third-order valence-electron chi connectivity index (χ3n) is 7.32. The maximum Gasteiger partial charge on any atom is 0.328 e. The molecule has 1 aromatic carbocycles. The number of hydrogen-bond acceptors (Lipinski definition) is 6. The van der Waals surface area contributed by atoms with Crippen LogP contribution < -0.4 is 15.0 Å². The lowest BCUT2D eigenvalue weighted by atomic mass is 9.85. The molecule has 2 aromatic rings. The summed E-state index contributed by atoms with van der Waals surface area (Å²) < 4.78 is 33.5. The van der Waals surface area contributed by atoms with Gasteiger partial charge in [-0.2, -0.15) is 0 Å². The van der Waals surface area contributed by atoms with Crippen LogP contribution in [0.4, 0.5) is 10.5 Å². The summed E-state index contributed by atoms with van der Waals surface area (Å²) >= 11 is 0. The van der Waals surface area contributed by atoms with Crippen molar-refractivity contribution in [2.75, 3.05) is 25.1 Å². The second kappa shape index (κ2) is 9.67. The number of carbonyl (C=O) groups is 1. The van der Waals surface area contributed by atoms with Crippen LogP contribution >= 0.6 is 0 Å². The van der Waals surface area contributed by atoms with E-state index in [1.54, 1.807) is 41.6 Å². The average Bonchev–Trinajstić information content (AvgIpc) is 3.15. The zero-order valence-electron chi connectivity index (χ0n) is 19.9. The van der Waals surface area contributed by atoms with Crippen LogP contribution in [0, 0.1) is 0 Å². The standard InChI is InChI=1S/C25H31N5O4S/c1-34-21-10-5-11-22(17-21)35(32,33)29-15-12-25(13-16-29)23(27-19-7-3-2-4-8-19)28-24(31)30(25)20-9-6-14-26-18-20/h5-6,9-11,14,17-19H,2-4,7-8,12-13,15-16H2,1H3,(H-,27,28,31,32,33). The minimum Gasteiger partial charge on any atom is -0.593 e. The lowest BCUT2D eigenvalue weighted by Crippen LogP contribution is -2.58. The van der Waals surface area contributed by atoms with E-state index in [0.29, 0.717) is 30.1 Å². The summed E-state index contributed by atoms with van der Waals surface area (Å²) in [4.78, 5) is 24.4. The molecular formula is C25H31N5O4S. The largest absolute Gasteiger partial charge is 0.593 e. The maximum atomic E-state index is 13.4. The van der Waals surface area contributed by atoms with E-state index in [0.717, 1.165) is 25.7 Å². The second-order valence-corrected chi connectivity index (χ2v) is 11.3. The summed E-state index contributed by atoms with van der Waals surface area (Å²) in [6.07, 6.45) is 9.75. The number of piperidine rings is 1. The first-order chi connectivity index (χ1) is 16.9. The van der Waals surface area contributed by atoms with Gasteiger partial charge in [-0.05, 0) is 49.9 Å². The Bertz CT molecular complexity index is 1140.